The SMILES string of the molecule is C=CCC1(C)CC(c2cccc(Cl)c2)[C@@H](c2ccc(Cl)cc2)N(C(CC)C(=O)OC(C)(C)C)C1=O. The predicted molar refractivity (Wildman–Crippen MR) is 143 cm³/mol. The molecule has 2 aromatic rings. The second-order valence-electron chi connectivity index (χ2n) is 10.6. The van der Waals surface area contributed by atoms with E-state index in [0.29, 0.717) is 29.3 Å². The highest BCUT2D eigenvalue weighted by Crippen LogP contribution is 2.52. The summed E-state index contributed by atoms with van der Waals surface area (Å²) in [6.45, 7) is 13.3. The van der Waals surface area contributed by atoms with Gasteiger partial charge in [0.1, 0.15) is 11.6 Å². The minimum atomic E-state index is -0.742. The molecule has 1 aliphatic heterocycles. The van der Waals surface area contributed by atoms with Crippen molar-refractivity contribution in [1.29, 1.82) is 0 Å². The van der Waals surface area contributed by atoms with Gasteiger partial charge in [-0.3, -0.25) is 4.79 Å². The molecular formula is C29H35Cl2NO3. The Hall–Kier alpha value is -2.30. The molecule has 3 rings (SSSR count). The summed E-state index contributed by atoms with van der Waals surface area (Å²) in [5.41, 5.74) is 0.530. The van der Waals surface area contributed by atoms with Crippen LogP contribution in [-0.2, 0) is 14.3 Å². The van der Waals surface area contributed by atoms with E-state index in [0.717, 1.165) is 11.1 Å². The molecule has 2 aromatic carbocycles. The number of hydrogen-bond donors (Lipinski definition) is 0. The van der Waals surface area contributed by atoms with E-state index in [1.165, 1.54) is 0 Å². The molecule has 4 atom stereocenters. The summed E-state index contributed by atoms with van der Waals surface area (Å²) in [5.74, 6) is -0.581. The van der Waals surface area contributed by atoms with Crippen molar-refractivity contribution in [1.82, 2.24) is 4.90 Å². The summed E-state index contributed by atoms with van der Waals surface area (Å²) in [6, 6.07) is 14.1. The Labute approximate surface area is 219 Å². The van der Waals surface area contributed by atoms with Crippen LogP contribution in [0, 0.1) is 5.41 Å². The first-order valence-electron chi connectivity index (χ1n) is 12.1. The molecule has 0 aromatic heterocycles. The molecule has 1 aliphatic rings. The van der Waals surface area contributed by atoms with Crippen molar-refractivity contribution in [2.45, 2.75) is 77.5 Å². The highest BCUT2D eigenvalue weighted by atomic mass is 35.5. The van der Waals surface area contributed by atoms with Gasteiger partial charge >= 0.3 is 5.97 Å². The summed E-state index contributed by atoms with van der Waals surface area (Å²) in [4.78, 5) is 29.4. The van der Waals surface area contributed by atoms with E-state index in [1.807, 2.05) is 83.1 Å². The first-order valence-corrected chi connectivity index (χ1v) is 12.8. The number of amides is 1. The van der Waals surface area contributed by atoms with Crippen LogP contribution >= 0.6 is 23.2 Å². The second kappa shape index (κ2) is 10.8. The van der Waals surface area contributed by atoms with E-state index in [9.17, 15) is 9.59 Å². The maximum atomic E-state index is 14.2. The first kappa shape index (κ1) is 27.3. The summed E-state index contributed by atoms with van der Waals surface area (Å²) in [7, 11) is 0. The fourth-order valence-corrected chi connectivity index (χ4v) is 5.40. The van der Waals surface area contributed by atoms with Crippen LogP contribution in [0.4, 0.5) is 0 Å². The lowest BCUT2D eigenvalue weighted by atomic mass is 9.67. The quantitative estimate of drug-likeness (QED) is 0.279. The molecule has 1 fully saturated rings. The molecule has 0 spiro atoms. The van der Waals surface area contributed by atoms with Gasteiger partial charge in [-0.25, -0.2) is 4.79 Å². The number of carbonyl (C=O) groups is 2. The van der Waals surface area contributed by atoms with Crippen LogP contribution in [0.15, 0.2) is 61.2 Å². The lowest BCUT2D eigenvalue weighted by Crippen LogP contribution is -2.58. The molecule has 6 heteroatoms. The number of esters is 1. The zero-order valence-electron chi connectivity index (χ0n) is 21.2. The van der Waals surface area contributed by atoms with Crippen molar-refractivity contribution in [2.24, 2.45) is 5.41 Å². The molecule has 0 aliphatic carbocycles. The van der Waals surface area contributed by atoms with Crippen molar-refractivity contribution in [2.75, 3.05) is 0 Å². The number of carbonyl (C=O) groups excluding carboxylic acids is 2. The number of hydrogen-bond acceptors (Lipinski definition) is 3. The summed E-state index contributed by atoms with van der Waals surface area (Å²) >= 11 is 12.6. The van der Waals surface area contributed by atoms with Gasteiger partial charge in [-0.15, -0.1) is 6.58 Å². The summed E-state index contributed by atoms with van der Waals surface area (Å²) < 4.78 is 5.79. The van der Waals surface area contributed by atoms with Crippen molar-refractivity contribution in [3.63, 3.8) is 0 Å². The number of halogens is 2. The number of ether oxygens (including phenoxy) is 1. The van der Waals surface area contributed by atoms with Gasteiger partial charge in [0.2, 0.25) is 5.91 Å². The summed E-state index contributed by atoms with van der Waals surface area (Å²) in [6.07, 6.45) is 3.30. The summed E-state index contributed by atoms with van der Waals surface area (Å²) in [5, 5.41) is 1.24. The van der Waals surface area contributed by atoms with Gasteiger partial charge in [0, 0.05) is 16.0 Å². The molecule has 188 valence electrons. The first-order chi connectivity index (χ1) is 16.4. The van der Waals surface area contributed by atoms with Gasteiger partial charge in [0.05, 0.1) is 11.5 Å². The van der Waals surface area contributed by atoms with Crippen molar-refractivity contribution >= 4 is 35.1 Å². The Morgan fingerprint density at radius 1 is 1.17 bits per heavy atom. The van der Waals surface area contributed by atoms with Gasteiger partial charge in [0.25, 0.3) is 0 Å². The number of rotatable bonds is 7. The topological polar surface area (TPSA) is 46.6 Å². The Balaban J connectivity index is 2.24. The average molecular weight is 517 g/mol. The Morgan fingerprint density at radius 2 is 1.83 bits per heavy atom. The number of piperidine rings is 1. The molecule has 0 bridgehead atoms. The molecule has 0 N–H and O–H groups in total. The van der Waals surface area contributed by atoms with Gasteiger partial charge in [0.15, 0.2) is 0 Å². The molecule has 1 amide bonds. The van der Waals surface area contributed by atoms with E-state index >= 15 is 0 Å². The number of nitrogens with zero attached hydrogens (tertiary/aromatic N) is 1. The Kier molecular flexibility index (Phi) is 8.39. The normalized spacial score (nSPS) is 23.6. The minimum Gasteiger partial charge on any atom is -0.458 e. The molecule has 3 unspecified atom stereocenters. The van der Waals surface area contributed by atoms with Crippen molar-refractivity contribution in [3.05, 3.63) is 82.4 Å². The van der Waals surface area contributed by atoms with Gasteiger partial charge in [-0.2, -0.15) is 0 Å². The monoisotopic (exact) mass is 515 g/mol. The van der Waals surface area contributed by atoms with Crippen LogP contribution in [0.5, 0.6) is 0 Å². The molecule has 1 saturated heterocycles. The number of benzene rings is 2. The minimum absolute atomic E-state index is 0.0756. The average Bonchev–Trinajstić information content (AvgIpc) is 2.77. The largest absolute Gasteiger partial charge is 0.458 e. The molecule has 1 heterocycles. The smallest absolute Gasteiger partial charge is 0.329 e. The van der Waals surface area contributed by atoms with Crippen LogP contribution in [0.2, 0.25) is 10.0 Å². The molecule has 35 heavy (non-hydrogen) atoms. The Bertz CT molecular complexity index is 1080. The lowest BCUT2D eigenvalue weighted by Gasteiger charge is -2.51. The van der Waals surface area contributed by atoms with Crippen LogP contribution in [-0.4, -0.2) is 28.4 Å². The van der Waals surface area contributed by atoms with E-state index in [1.54, 1.807) is 11.0 Å². The lowest BCUT2D eigenvalue weighted by molar-refractivity contribution is -0.173. The third-order valence-electron chi connectivity index (χ3n) is 6.59. The fraction of sp³-hybridized carbons (Fsp3) is 0.448. The molecule has 4 nitrogen and oxygen atoms in total. The van der Waals surface area contributed by atoms with E-state index < -0.39 is 29.1 Å². The van der Waals surface area contributed by atoms with Gasteiger partial charge in [-0.1, -0.05) is 67.4 Å². The van der Waals surface area contributed by atoms with Crippen molar-refractivity contribution in [3.8, 4) is 0 Å². The number of likely N-dealkylation sites (tertiary alicyclic amines) is 1. The predicted octanol–water partition coefficient (Wildman–Crippen LogP) is 7.75. The molecule has 0 radical (unpaired) electrons. The third-order valence-corrected chi connectivity index (χ3v) is 7.07. The zero-order chi connectivity index (χ0) is 26.0. The van der Waals surface area contributed by atoms with Crippen LogP contribution < -0.4 is 0 Å². The zero-order valence-corrected chi connectivity index (χ0v) is 22.7. The standard InChI is InChI=1S/C29H35Cl2NO3/c1-7-16-29(6)18-23(20-10-9-11-22(31)17-20)25(19-12-14-21(30)15-13-19)32(27(29)34)24(8-2)26(33)35-28(3,4)5/h7,9-15,17,23-25H,1,8,16,18H2,2-6H3/t23?,24?,25-,29?/m1/s1. The van der Waals surface area contributed by atoms with Gasteiger partial charge < -0.3 is 9.64 Å². The third kappa shape index (κ3) is 6.10. The highest BCUT2D eigenvalue weighted by molar-refractivity contribution is 6.30. The molecule has 0 saturated carbocycles. The fourth-order valence-electron chi connectivity index (χ4n) is 5.08. The van der Waals surface area contributed by atoms with Gasteiger partial charge in [-0.05, 0) is 75.4 Å². The van der Waals surface area contributed by atoms with E-state index in [2.05, 4.69) is 6.58 Å². The van der Waals surface area contributed by atoms with Crippen molar-refractivity contribution < 1.29 is 14.3 Å². The number of allylic oxidation sites excluding steroid dienone is 1. The van der Waals surface area contributed by atoms with E-state index in [4.69, 9.17) is 27.9 Å². The maximum absolute atomic E-state index is 14.2. The highest BCUT2D eigenvalue weighted by Gasteiger charge is 2.52. The van der Waals surface area contributed by atoms with E-state index in [-0.39, 0.29) is 11.8 Å². The second-order valence-corrected chi connectivity index (χ2v) is 11.5. The van der Waals surface area contributed by atoms with Crippen LogP contribution in [0.25, 0.3) is 0 Å². The van der Waals surface area contributed by atoms with Crippen LogP contribution in [0.1, 0.15) is 77.0 Å². The van der Waals surface area contributed by atoms with Crippen LogP contribution in [0.3, 0.4) is 0 Å². The molecular weight excluding hydrogens is 481 g/mol. The Morgan fingerprint density at radius 3 is 2.37 bits per heavy atom. The maximum Gasteiger partial charge on any atom is 0.329 e.